The molecule has 0 spiro atoms. The Balaban J connectivity index is 0.999. The zero-order valence-corrected chi connectivity index (χ0v) is 21.8. The number of anilines is 2. The van der Waals surface area contributed by atoms with Crippen LogP contribution in [0.15, 0.2) is 52.3 Å². The first-order chi connectivity index (χ1) is 17.1. The summed E-state index contributed by atoms with van der Waals surface area (Å²) < 4.78 is 0. The van der Waals surface area contributed by atoms with E-state index in [1.165, 1.54) is 45.2 Å². The molecule has 4 bridgehead atoms. The van der Waals surface area contributed by atoms with Crippen molar-refractivity contribution in [2.75, 3.05) is 37.6 Å². The van der Waals surface area contributed by atoms with Gasteiger partial charge in [0, 0.05) is 60.0 Å². The summed E-state index contributed by atoms with van der Waals surface area (Å²) in [6.45, 7) is 5.34. The van der Waals surface area contributed by atoms with Crippen LogP contribution in [0.2, 0.25) is 5.02 Å². The van der Waals surface area contributed by atoms with Gasteiger partial charge in [-0.15, -0.1) is 0 Å². The molecule has 1 saturated heterocycles. The zero-order chi connectivity index (χ0) is 23.5. The average molecular weight is 508 g/mol. The quantitative estimate of drug-likeness (QED) is 0.485. The fourth-order valence-electron chi connectivity index (χ4n) is 8.14. The van der Waals surface area contributed by atoms with Crippen molar-refractivity contribution >= 4 is 40.6 Å². The Kier molecular flexibility index (Phi) is 5.88. The van der Waals surface area contributed by atoms with Gasteiger partial charge in [0.15, 0.2) is 0 Å². The monoisotopic (exact) mass is 507 g/mol. The summed E-state index contributed by atoms with van der Waals surface area (Å²) in [4.78, 5) is 23.1. The van der Waals surface area contributed by atoms with Gasteiger partial charge in [-0.25, -0.2) is 0 Å². The molecule has 2 aromatic carbocycles. The first-order valence-electron chi connectivity index (χ1n) is 13.5. The van der Waals surface area contributed by atoms with Crippen LogP contribution in [0.4, 0.5) is 11.4 Å². The van der Waals surface area contributed by atoms with Gasteiger partial charge in [0.25, 0.3) is 0 Å². The third kappa shape index (κ3) is 4.13. The van der Waals surface area contributed by atoms with Gasteiger partial charge >= 0.3 is 0 Å². The van der Waals surface area contributed by atoms with Gasteiger partial charge in [-0.05, 0) is 86.1 Å². The second kappa shape index (κ2) is 9.09. The van der Waals surface area contributed by atoms with Crippen molar-refractivity contribution in [1.82, 2.24) is 9.80 Å². The molecule has 6 heteroatoms. The van der Waals surface area contributed by atoms with Gasteiger partial charge in [-0.2, -0.15) is 0 Å². The van der Waals surface area contributed by atoms with Gasteiger partial charge in [0.05, 0.1) is 11.4 Å². The van der Waals surface area contributed by atoms with Crippen LogP contribution in [0, 0.1) is 23.7 Å². The van der Waals surface area contributed by atoms with E-state index in [4.69, 9.17) is 11.6 Å². The number of hydrogen-bond acceptors (Lipinski definition) is 4. The Bertz CT molecular complexity index is 1100. The first-order valence-corrected chi connectivity index (χ1v) is 14.7. The van der Waals surface area contributed by atoms with Crippen LogP contribution in [0.3, 0.4) is 0 Å². The summed E-state index contributed by atoms with van der Waals surface area (Å²) in [6.07, 6.45) is 8.03. The lowest BCUT2D eigenvalue weighted by molar-refractivity contribution is -0.118. The van der Waals surface area contributed by atoms with Gasteiger partial charge < -0.3 is 4.90 Å². The van der Waals surface area contributed by atoms with Gasteiger partial charge in [-0.1, -0.05) is 35.5 Å². The highest BCUT2D eigenvalue weighted by Gasteiger charge is 2.50. The van der Waals surface area contributed by atoms with Crippen LogP contribution in [-0.2, 0) is 4.79 Å². The second-order valence-electron chi connectivity index (χ2n) is 11.5. The van der Waals surface area contributed by atoms with Crippen molar-refractivity contribution < 1.29 is 4.79 Å². The lowest BCUT2D eigenvalue weighted by Crippen LogP contribution is -2.60. The van der Waals surface area contributed by atoms with Crippen LogP contribution >= 0.6 is 23.4 Å². The minimum absolute atomic E-state index is 0.157. The molecule has 0 N–H and O–H groups in total. The van der Waals surface area contributed by atoms with Crippen molar-refractivity contribution in [2.24, 2.45) is 23.7 Å². The van der Waals surface area contributed by atoms with Crippen LogP contribution in [0.5, 0.6) is 0 Å². The number of carbonyl (C=O) groups excluding carboxylic acids is 1. The normalized spacial score (nSPS) is 31.9. The predicted molar refractivity (Wildman–Crippen MR) is 143 cm³/mol. The summed E-state index contributed by atoms with van der Waals surface area (Å²) in [5, 5.41) is 0.669. The van der Waals surface area contributed by atoms with E-state index in [0.717, 1.165) is 70.5 Å². The van der Waals surface area contributed by atoms with Gasteiger partial charge in [0.1, 0.15) is 0 Å². The SMILES string of the molecule is O=C(CCN1CCN(C2C3CC4CC(C3)CC2C4)CC1)N1c2ccccc2Sc2ccc(Cl)cc21. The predicted octanol–water partition coefficient (Wildman–Crippen LogP) is 6.30. The maximum Gasteiger partial charge on any atom is 0.232 e. The van der Waals surface area contributed by atoms with E-state index >= 15 is 0 Å². The first kappa shape index (κ1) is 22.7. The molecule has 184 valence electrons. The smallest absolute Gasteiger partial charge is 0.232 e. The standard InChI is InChI=1S/C29H34ClN3OS/c30-23-5-6-27-25(18-23)33(24-3-1-2-4-26(24)35-27)28(34)7-8-31-9-11-32(12-10-31)29-21-14-19-13-20(16-21)17-22(29)15-19/h1-6,18-22,29H,7-17H2. The number of piperazine rings is 1. The molecular weight excluding hydrogens is 474 g/mol. The lowest BCUT2D eigenvalue weighted by atomic mass is 9.54. The topological polar surface area (TPSA) is 26.8 Å². The van der Waals surface area contributed by atoms with E-state index in [2.05, 4.69) is 15.9 Å². The molecule has 6 aliphatic rings. The molecular formula is C29H34ClN3OS. The summed E-state index contributed by atoms with van der Waals surface area (Å²) in [6, 6.07) is 14.9. The van der Waals surface area contributed by atoms with Crippen LogP contribution < -0.4 is 4.90 Å². The molecule has 35 heavy (non-hydrogen) atoms. The molecule has 0 aromatic heterocycles. The summed E-state index contributed by atoms with van der Waals surface area (Å²) in [5.74, 6) is 4.16. The second-order valence-corrected chi connectivity index (χ2v) is 13.0. The van der Waals surface area contributed by atoms with E-state index in [0.29, 0.717) is 11.4 Å². The number of rotatable bonds is 4. The number of hydrogen-bond donors (Lipinski definition) is 0. The molecule has 2 heterocycles. The largest absolute Gasteiger partial charge is 0.300 e. The van der Waals surface area contributed by atoms with Crippen molar-refractivity contribution in [3.05, 3.63) is 47.5 Å². The zero-order valence-electron chi connectivity index (χ0n) is 20.2. The third-order valence-electron chi connectivity index (χ3n) is 9.38. The maximum absolute atomic E-state index is 13.6. The number of carbonyl (C=O) groups is 1. The number of benzene rings is 2. The molecule has 1 amide bonds. The minimum Gasteiger partial charge on any atom is -0.300 e. The van der Waals surface area contributed by atoms with Crippen molar-refractivity contribution in [2.45, 2.75) is 54.4 Å². The third-order valence-corrected chi connectivity index (χ3v) is 10.8. The Hall–Kier alpha value is -1.53. The molecule has 4 nitrogen and oxygen atoms in total. The summed E-state index contributed by atoms with van der Waals surface area (Å²) in [5.41, 5.74) is 1.89. The molecule has 5 fully saturated rings. The van der Waals surface area contributed by atoms with E-state index in [1.54, 1.807) is 11.8 Å². The Morgan fingerprint density at radius 3 is 2.29 bits per heavy atom. The van der Waals surface area contributed by atoms with Crippen LogP contribution in [-0.4, -0.2) is 54.5 Å². The Labute approximate surface area is 218 Å². The number of para-hydroxylation sites is 1. The molecule has 8 rings (SSSR count). The molecule has 0 radical (unpaired) electrons. The molecule has 0 atom stereocenters. The fraction of sp³-hybridized carbons (Fsp3) is 0.552. The highest BCUT2D eigenvalue weighted by atomic mass is 35.5. The minimum atomic E-state index is 0.157. The number of nitrogens with zero attached hydrogens (tertiary/aromatic N) is 3. The number of amides is 1. The maximum atomic E-state index is 13.6. The molecule has 4 saturated carbocycles. The van der Waals surface area contributed by atoms with Crippen molar-refractivity contribution in [3.8, 4) is 0 Å². The molecule has 4 aliphatic carbocycles. The Morgan fingerprint density at radius 2 is 1.54 bits per heavy atom. The number of fused-ring (bicyclic) bond motifs is 2. The van der Waals surface area contributed by atoms with E-state index in [9.17, 15) is 4.79 Å². The van der Waals surface area contributed by atoms with E-state index in [1.807, 2.05) is 41.3 Å². The van der Waals surface area contributed by atoms with Crippen LogP contribution in [0.1, 0.15) is 38.5 Å². The highest BCUT2D eigenvalue weighted by molar-refractivity contribution is 7.99. The van der Waals surface area contributed by atoms with E-state index in [-0.39, 0.29) is 5.91 Å². The fourth-order valence-corrected chi connectivity index (χ4v) is 9.34. The van der Waals surface area contributed by atoms with Gasteiger partial charge in [0.2, 0.25) is 5.91 Å². The summed E-state index contributed by atoms with van der Waals surface area (Å²) >= 11 is 8.05. The molecule has 0 unspecified atom stereocenters. The van der Waals surface area contributed by atoms with Gasteiger partial charge in [-0.3, -0.25) is 14.6 Å². The average Bonchev–Trinajstić information content (AvgIpc) is 2.86. The molecule has 2 aliphatic heterocycles. The number of halogens is 1. The Morgan fingerprint density at radius 1 is 0.857 bits per heavy atom. The lowest BCUT2D eigenvalue weighted by Gasteiger charge is -2.58. The van der Waals surface area contributed by atoms with Crippen molar-refractivity contribution in [3.63, 3.8) is 0 Å². The highest BCUT2D eigenvalue weighted by Crippen LogP contribution is 2.55. The molecule has 2 aromatic rings. The summed E-state index contributed by atoms with van der Waals surface area (Å²) in [7, 11) is 0. The van der Waals surface area contributed by atoms with Crippen molar-refractivity contribution in [1.29, 1.82) is 0 Å². The van der Waals surface area contributed by atoms with E-state index < -0.39 is 0 Å². The van der Waals surface area contributed by atoms with Crippen LogP contribution in [0.25, 0.3) is 0 Å².